The van der Waals surface area contributed by atoms with E-state index in [1.54, 1.807) is 0 Å². The third-order valence-corrected chi connectivity index (χ3v) is 7.87. The Labute approximate surface area is 203 Å². The predicted molar refractivity (Wildman–Crippen MR) is 142 cm³/mol. The molecule has 3 N–H and O–H groups in total. The maximum Gasteiger partial charge on any atom is 0.270 e. The molecule has 0 unspecified atom stereocenters. The quantitative estimate of drug-likeness (QED) is 0.258. The Balaban J connectivity index is 0.00000306. The number of benzene rings is 1. The van der Waals surface area contributed by atoms with Crippen molar-refractivity contribution >= 4 is 30.0 Å². The zero-order chi connectivity index (χ0) is 22.5. The van der Waals surface area contributed by atoms with Gasteiger partial charge in [-0.1, -0.05) is 26.1 Å². The molecule has 2 aliphatic rings. The third kappa shape index (κ3) is 6.32. The van der Waals surface area contributed by atoms with E-state index in [-0.39, 0.29) is 14.1 Å². The molecule has 0 atom stereocenters. The Morgan fingerprint density at radius 1 is 1.33 bits per heavy atom. The van der Waals surface area contributed by atoms with Crippen LogP contribution in [0.25, 0.3) is 5.70 Å². The fourth-order valence-electron chi connectivity index (χ4n) is 4.42. The van der Waals surface area contributed by atoms with E-state index in [1.807, 2.05) is 30.3 Å². The van der Waals surface area contributed by atoms with Gasteiger partial charge in [-0.3, -0.25) is 10.8 Å². The van der Waals surface area contributed by atoms with Crippen LogP contribution in [0.2, 0.25) is 12.6 Å². The van der Waals surface area contributed by atoms with Crippen molar-refractivity contribution in [1.82, 2.24) is 15.3 Å². The second-order valence-corrected chi connectivity index (χ2v) is 10.1. The van der Waals surface area contributed by atoms with Crippen LogP contribution in [-0.4, -0.2) is 41.0 Å². The highest BCUT2D eigenvalue weighted by Crippen LogP contribution is 2.35. The van der Waals surface area contributed by atoms with Gasteiger partial charge in [0.05, 0.1) is 17.9 Å². The number of anilines is 1. The largest absolute Gasteiger partial charge is 0.324 e. The van der Waals surface area contributed by atoms with Gasteiger partial charge in [0.25, 0.3) is 6.71 Å². The molecule has 0 bridgehead atoms. The minimum atomic E-state index is 0. The van der Waals surface area contributed by atoms with E-state index >= 15 is 0 Å². The molecule has 0 amide bonds. The zero-order valence-electron chi connectivity index (χ0n) is 18.7. The van der Waals surface area contributed by atoms with Gasteiger partial charge in [-0.25, -0.2) is 5.26 Å². The molecule has 0 saturated carbocycles. The van der Waals surface area contributed by atoms with Crippen molar-refractivity contribution in [2.45, 2.75) is 57.7 Å². The number of aromatic nitrogens is 1. The van der Waals surface area contributed by atoms with Crippen molar-refractivity contribution in [3.8, 4) is 5.97 Å². The number of hydrogen-bond acceptors (Lipinski definition) is 7. The minimum Gasteiger partial charge on any atom is -0.324 e. The molecule has 2 aromatic rings. The highest BCUT2D eigenvalue weighted by Gasteiger charge is 2.38. The van der Waals surface area contributed by atoms with Crippen molar-refractivity contribution in [2.24, 2.45) is 5.84 Å². The van der Waals surface area contributed by atoms with E-state index in [4.69, 9.17) is 11.1 Å². The Kier molecular flexibility index (Phi) is 8.84. The highest BCUT2D eigenvalue weighted by molar-refractivity contribution is 8.01. The Bertz CT molecular complexity index is 962. The second kappa shape index (κ2) is 11.6. The molecule has 33 heavy (non-hydrogen) atoms. The van der Waals surface area contributed by atoms with Crippen molar-refractivity contribution in [3.63, 3.8) is 0 Å². The van der Waals surface area contributed by atoms with Crippen LogP contribution in [0.1, 0.15) is 37.1 Å². The van der Waals surface area contributed by atoms with Gasteiger partial charge < -0.3 is 14.6 Å². The van der Waals surface area contributed by atoms with Crippen LogP contribution in [0.4, 0.5) is 5.69 Å². The topological polar surface area (TPSA) is 81.2 Å². The van der Waals surface area contributed by atoms with Crippen molar-refractivity contribution in [2.75, 3.05) is 17.4 Å². The second-order valence-electron chi connectivity index (χ2n) is 8.83. The van der Waals surface area contributed by atoms with E-state index in [9.17, 15) is 0 Å². The maximum atomic E-state index is 9.05. The normalized spacial score (nSPS) is 16.9. The molecule has 0 radical (unpaired) electrons. The molecule has 0 spiro atoms. The van der Waals surface area contributed by atoms with Gasteiger partial charge in [0.1, 0.15) is 0 Å². The number of hydrogen-bond donors (Lipinski definition) is 2. The number of nitriles is 1. The molecular weight excluding hydrogens is 427 g/mol. The van der Waals surface area contributed by atoms with E-state index < -0.39 is 0 Å². The summed E-state index contributed by atoms with van der Waals surface area (Å²) >= 11 is 1.95. The summed E-state index contributed by atoms with van der Waals surface area (Å²) in [6, 6.07) is 13.4. The molecule has 2 fully saturated rings. The summed E-state index contributed by atoms with van der Waals surface area (Å²) < 4.78 is 2.39. The molecule has 1 aromatic heterocycles. The first-order valence-electron chi connectivity index (χ1n) is 11.3. The number of nitrogens with zero attached hydrogens (tertiary/aromatic N) is 4. The predicted octanol–water partition coefficient (Wildman–Crippen LogP) is 4.52. The van der Waals surface area contributed by atoms with Gasteiger partial charge in [-0.15, -0.1) is 0 Å². The number of aryl methyl sites for hydroxylation is 1. The molecule has 3 heterocycles. The van der Waals surface area contributed by atoms with Gasteiger partial charge in [0.15, 0.2) is 0 Å². The number of pyridine rings is 1. The summed E-state index contributed by atoms with van der Waals surface area (Å²) in [5.74, 6) is 7.87. The molecule has 1 aromatic carbocycles. The summed E-state index contributed by atoms with van der Waals surface area (Å²) in [4.78, 5) is 7.25. The van der Waals surface area contributed by atoms with Crippen molar-refractivity contribution in [1.29, 1.82) is 5.26 Å². The van der Waals surface area contributed by atoms with E-state index in [0.717, 1.165) is 43.5 Å². The number of piperidine rings is 1. The molecule has 8 heteroatoms. The molecule has 4 rings (SSSR count). The lowest BCUT2D eigenvalue weighted by atomic mass is 9.34. The summed E-state index contributed by atoms with van der Waals surface area (Å²) in [6.07, 6.45) is 6.28. The van der Waals surface area contributed by atoms with Crippen LogP contribution in [0.3, 0.4) is 0 Å². The van der Waals surface area contributed by atoms with Crippen LogP contribution >= 0.6 is 11.9 Å². The Hall–Kier alpha value is -2.47. The van der Waals surface area contributed by atoms with Crippen LogP contribution in [-0.2, 0) is 6.54 Å². The van der Waals surface area contributed by atoms with Gasteiger partial charge in [0.2, 0.25) is 0 Å². The molecule has 6 nitrogen and oxygen atoms in total. The Morgan fingerprint density at radius 2 is 2.09 bits per heavy atom. The molecule has 2 saturated heterocycles. The molecule has 174 valence electrons. The Morgan fingerprint density at radius 3 is 2.70 bits per heavy atom. The van der Waals surface area contributed by atoms with Crippen LogP contribution < -0.4 is 15.6 Å². The number of likely N-dealkylation sites (tertiary alicyclic amines) is 1. The SMILES string of the molecule is C.C=C(NN)c1ccc(CN(SC2CCN(C3CB(C#N)C3)CC2)c2cccc(C)c2)nc1. The highest BCUT2D eigenvalue weighted by atomic mass is 32.2. The van der Waals surface area contributed by atoms with Crippen LogP contribution in [0, 0.1) is 18.2 Å². The van der Waals surface area contributed by atoms with E-state index in [0.29, 0.717) is 17.0 Å². The first kappa shape index (κ1) is 25.2. The third-order valence-electron chi connectivity index (χ3n) is 6.51. The average molecular weight is 462 g/mol. The minimum absolute atomic E-state index is 0. The van der Waals surface area contributed by atoms with Crippen molar-refractivity contribution < 1.29 is 0 Å². The van der Waals surface area contributed by atoms with E-state index in [1.165, 1.54) is 24.1 Å². The van der Waals surface area contributed by atoms with Crippen LogP contribution in [0.5, 0.6) is 0 Å². The van der Waals surface area contributed by atoms with Gasteiger partial charge in [-0.05, 0) is 93.3 Å². The smallest absolute Gasteiger partial charge is 0.270 e. The number of hydrazine groups is 1. The fraction of sp³-hybridized carbons (Fsp3) is 0.440. The first-order chi connectivity index (χ1) is 15.6. The number of nitrogens with two attached hydrogens (primary N) is 1. The monoisotopic (exact) mass is 462 g/mol. The molecule has 0 aliphatic carbocycles. The first-order valence-corrected chi connectivity index (χ1v) is 12.1. The fourth-order valence-corrected chi connectivity index (χ4v) is 5.64. The van der Waals surface area contributed by atoms with Gasteiger partial charge >= 0.3 is 0 Å². The maximum absolute atomic E-state index is 9.05. The number of rotatable bonds is 8. The lowest BCUT2D eigenvalue weighted by Gasteiger charge is -2.43. The van der Waals surface area contributed by atoms with Crippen molar-refractivity contribution in [3.05, 3.63) is 66.0 Å². The average Bonchev–Trinajstić information content (AvgIpc) is 2.79. The lowest BCUT2D eigenvalue weighted by Crippen LogP contribution is -2.51. The summed E-state index contributed by atoms with van der Waals surface area (Å²) in [5.41, 5.74) is 7.63. The zero-order valence-corrected chi connectivity index (χ0v) is 19.5. The van der Waals surface area contributed by atoms with Crippen LogP contribution in [0.15, 0.2) is 49.2 Å². The van der Waals surface area contributed by atoms with E-state index in [2.05, 4.69) is 63.4 Å². The summed E-state index contributed by atoms with van der Waals surface area (Å²) in [5, 5.41) is 9.63. The summed E-state index contributed by atoms with van der Waals surface area (Å²) in [7, 11) is 0. The molecular formula is C25H35BN6S. The standard InChI is InChI=1S/C24H31BN6S.CH4/c1-18-4-3-5-22(12-18)31(16-21-7-6-20(15-28-21)19(2)29-27)32-24-8-10-30(11-9-24)23-13-25(14-23)17-26;/h3-7,12,15,23-24,29H,2,8-11,13-14,16,27H2,1H3;1H4. The summed E-state index contributed by atoms with van der Waals surface area (Å²) in [6.45, 7) is 9.31. The van der Waals surface area contributed by atoms with Gasteiger partial charge in [-0.2, -0.15) is 0 Å². The van der Waals surface area contributed by atoms with Gasteiger partial charge in [0, 0.05) is 28.7 Å². The lowest BCUT2D eigenvalue weighted by molar-refractivity contribution is 0.176. The molecule has 2 aliphatic heterocycles. The number of nitrogens with one attached hydrogen (secondary N) is 1.